The summed E-state index contributed by atoms with van der Waals surface area (Å²) in [5.74, 6) is 2.27. The Hall–Kier alpha value is -2.62. The Morgan fingerprint density at radius 3 is 2.14 bits per heavy atom. The lowest BCUT2D eigenvalue weighted by Crippen LogP contribution is -1.92. The smallest absolute Gasteiger partial charge is 0.141 e. The van der Waals surface area contributed by atoms with Gasteiger partial charge in [-0.05, 0) is 41.8 Å². The van der Waals surface area contributed by atoms with Crippen molar-refractivity contribution in [3.05, 3.63) is 53.6 Å². The van der Waals surface area contributed by atoms with Gasteiger partial charge in [-0.25, -0.2) is 0 Å². The molecule has 2 rings (SSSR count). The number of methoxy groups -OCH3 is 3. The maximum Gasteiger partial charge on any atom is 0.141 e. The molecule has 0 aliphatic heterocycles. The summed E-state index contributed by atoms with van der Waals surface area (Å²) in [5, 5.41) is 0. The Labute approximate surface area is 131 Å². The quantitative estimate of drug-likeness (QED) is 0.829. The van der Waals surface area contributed by atoms with Crippen LogP contribution in [-0.2, 0) is 6.42 Å². The molecule has 4 nitrogen and oxygen atoms in total. The first-order valence-corrected chi connectivity index (χ1v) is 6.98. The van der Waals surface area contributed by atoms with E-state index >= 15 is 0 Å². The molecule has 0 atom stereocenters. The van der Waals surface area contributed by atoms with Crippen molar-refractivity contribution in [2.75, 3.05) is 27.1 Å². The van der Waals surface area contributed by atoms with E-state index in [1.54, 1.807) is 21.3 Å². The van der Waals surface area contributed by atoms with Crippen LogP contribution >= 0.6 is 0 Å². The molecule has 116 valence electrons. The predicted molar refractivity (Wildman–Crippen MR) is 89.7 cm³/mol. The molecule has 0 fully saturated rings. The topological polar surface area (TPSA) is 53.7 Å². The van der Waals surface area contributed by atoms with E-state index in [4.69, 9.17) is 19.9 Å². The van der Waals surface area contributed by atoms with E-state index in [-0.39, 0.29) is 0 Å². The highest BCUT2D eigenvalue weighted by atomic mass is 16.5. The zero-order valence-electron chi connectivity index (χ0n) is 13.1. The van der Waals surface area contributed by atoms with Crippen LogP contribution in [0.2, 0.25) is 0 Å². The van der Waals surface area contributed by atoms with Gasteiger partial charge >= 0.3 is 0 Å². The van der Waals surface area contributed by atoms with Crippen LogP contribution in [0.5, 0.6) is 17.2 Å². The summed E-state index contributed by atoms with van der Waals surface area (Å²) in [6.07, 6.45) is 4.89. The third kappa shape index (κ3) is 3.95. The van der Waals surface area contributed by atoms with Gasteiger partial charge in [-0.15, -0.1) is 0 Å². The molecule has 0 aliphatic carbocycles. The minimum absolute atomic E-state index is 0.632. The maximum absolute atomic E-state index is 5.90. The molecule has 0 spiro atoms. The van der Waals surface area contributed by atoms with E-state index < -0.39 is 0 Å². The third-order valence-electron chi connectivity index (χ3n) is 3.33. The Morgan fingerprint density at radius 1 is 0.909 bits per heavy atom. The average Bonchev–Trinajstić information content (AvgIpc) is 2.54. The Morgan fingerprint density at radius 2 is 1.59 bits per heavy atom. The number of hydrogen-bond acceptors (Lipinski definition) is 4. The molecule has 0 aliphatic rings. The van der Waals surface area contributed by atoms with Gasteiger partial charge in [-0.2, -0.15) is 0 Å². The van der Waals surface area contributed by atoms with Crippen LogP contribution in [0.15, 0.2) is 42.5 Å². The van der Waals surface area contributed by atoms with Gasteiger partial charge in [-0.1, -0.05) is 18.2 Å². The fourth-order valence-electron chi connectivity index (χ4n) is 2.17. The van der Waals surface area contributed by atoms with Crippen LogP contribution in [0.3, 0.4) is 0 Å². The Kier molecular flexibility index (Phi) is 5.31. The summed E-state index contributed by atoms with van der Waals surface area (Å²) in [6, 6.07) is 11.6. The molecule has 0 aromatic heterocycles. The lowest BCUT2D eigenvalue weighted by atomic mass is 10.1. The molecule has 0 bridgehead atoms. The molecule has 22 heavy (non-hydrogen) atoms. The standard InChI is InChI=1S/C18H21NO3/c1-20-15-9-14(10-16(12-15)21-2)6-4-5-13-7-8-18(22-3)17(19)11-13/h4-5,7-12H,6,19H2,1-3H3. The van der Waals surface area contributed by atoms with Crippen molar-refractivity contribution in [3.63, 3.8) is 0 Å². The summed E-state index contributed by atoms with van der Waals surface area (Å²) in [4.78, 5) is 0. The number of allylic oxidation sites excluding steroid dienone is 1. The monoisotopic (exact) mass is 299 g/mol. The first-order chi connectivity index (χ1) is 10.7. The van der Waals surface area contributed by atoms with Crippen molar-refractivity contribution in [2.24, 2.45) is 0 Å². The highest BCUT2D eigenvalue weighted by Gasteiger charge is 2.01. The number of nitrogens with two attached hydrogens (primary N) is 1. The number of rotatable bonds is 6. The summed E-state index contributed by atoms with van der Waals surface area (Å²) < 4.78 is 15.7. The average molecular weight is 299 g/mol. The van der Waals surface area contributed by atoms with Gasteiger partial charge in [0.05, 0.1) is 27.0 Å². The highest BCUT2D eigenvalue weighted by molar-refractivity contribution is 5.62. The van der Waals surface area contributed by atoms with Gasteiger partial charge in [0.15, 0.2) is 0 Å². The summed E-state index contributed by atoms with van der Waals surface area (Å²) in [6.45, 7) is 0. The SMILES string of the molecule is COc1cc(CC=Cc2ccc(OC)c(N)c2)cc(OC)c1. The van der Waals surface area contributed by atoms with Crippen molar-refractivity contribution in [1.29, 1.82) is 0 Å². The van der Waals surface area contributed by atoms with Crippen LogP contribution in [0.1, 0.15) is 11.1 Å². The molecule has 0 heterocycles. The van der Waals surface area contributed by atoms with E-state index in [1.807, 2.05) is 42.5 Å². The molecule has 0 amide bonds. The third-order valence-corrected chi connectivity index (χ3v) is 3.33. The molecular weight excluding hydrogens is 278 g/mol. The van der Waals surface area contributed by atoms with Gasteiger partial charge in [0.1, 0.15) is 17.2 Å². The number of benzene rings is 2. The number of anilines is 1. The van der Waals surface area contributed by atoms with E-state index in [1.165, 1.54) is 0 Å². The molecule has 4 heteroatoms. The van der Waals surface area contributed by atoms with E-state index in [9.17, 15) is 0 Å². The van der Waals surface area contributed by atoms with Crippen molar-refractivity contribution < 1.29 is 14.2 Å². The second-order valence-electron chi connectivity index (χ2n) is 4.83. The van der Waals surface area contributed by atoms with E-state index in [0.29, 0.717) is 11.4 Å². The number of hydrogen-bond donors (Lipinski definition) is 1. The zero-order valence-corrected chi connectivity index (χ0v) is 13.1. The van der Waals surface area contributed by atoms with Crippen molar-refractivity contribution in [2.45, 2.75) is 6.42 Å². The summed E-state index contributed by atoms with van der Waals surface area (Å²) in [7, 11) is 4.90. The minimum Gasteiger partial charge on any atom is -0.497 e. The normalized spacial score (nSPS) is 10.7. The van der Waals surface area contributed by atoms with E-state index in [2.05, 4.69) is 6.08 Å². The maximum atomic E-state index is 5.90. The zero-order chi connectivity index (χ0) is 15.9. The van der Waals surface area contributed by atoms with Crippen LogP contribution in [0, 0.1) is 0 Å². The molecule has 0 unspecified atom stereocenters. The Bertz CT molecular complexity index is 643. The number of ether oxygens (including phenoxy) is 3. The molecule has 0 saturated heterocycles. The first-order valence-electron chi connectivity index (χ1n) is 6.98. The minimum atomic E-state index is 0.632. The first kappa shape index (κ1) is 15.8. The Balaban J connectivity index is 2.10. The molecule has 0 radical (unpaired) electrons. The van der Waals surface area contributed by atoms with Crippen molar-refractivity contribution in [3.8, 4) is 17.2 Å². The van der Waals surface area contributed by atoms with Crippen LogP contribution in [-0.4, -0.2) is 21.3 Å². The fourth-order valence-corrected chi connectivity index (χ4v) is 2.17. The van der Waals surface area contributed by atoms with Crippen LogP contribution < -0.4 is 19.9 Å². The fraction of sp³-hybridized carbons (Fsp3) is 0.222. The van der Waals surface area contributed by atoms with Crippen molar-refractivity contribution in [1.82, 2.24) is 0 Å². The van der Waals surface area contributed by atoms with Gasteiger partial charge in [0.2, 0.25) is 0 Å². The summed E-state index contributed by atoms with van der Waals surface area (Å²) >= 11 is 0. The molecule has 2 aromatic carbocycles. The molecule has 2 aromatic rings. The second kappa shape index (κ2) is 7.41. The summed E-state index contributed by atoms with van der Waals surface area (Å²) in [5.41, 5.74) is 8.69. The molecule has 0 saturated carbocycles. The van der Waals surface area contributed by atoms with Gasteiger partial charge in [-0.3, -0.25) is 0 Å². The lowest BCUT2D eigenvalue weighted by molar-refractivity contribution is 0.393. The largest absolute Gasteiger partial charge is 0.497 e. The van der Waals surface area contributed by atoms with Crippen molar-refractivity contribution >= 4 is 11.8 Å². The number of nitrogen functional groups attached to an aromatic ring is 1. The second-order valence-corrected chi connectivity index (χ2v) is 4.83. The highest BCUT2D eigenvalue weighted by Crippen LogP contribution is 2.24. The lowest BCUT2D eigenvalue weighted by Gasteiger charge is -2.07. The molecule has 2 N–H and O–H groups in total. The van der Waals surface area contributed by atoms with Gasteiger partial charge in [0.25, 0.3) is 0 Å². The molecular formula is C18H21NO3. The van der Waals surface area contributed by atoms with Gasteiger partial charge in [0, 0.05) is 6.07 Å². The predicted octanol–water partition coefficient (Wildman–Crippen LogP) is 3.55. The van der Waals surface area contributed by atoms with Gasteiger partial charge < -0.3 is 19.9 Å². The van der Waals surface area contributed by atoms with Crippen LogP contribution in [0.4, 0.5) is 5.69 Å². The van der Waals surface area contributed by atoms with E-state index in [0.717, 1.165) is 29.0 Å². The van der Waals surface area contributed by atoms with Crippen LogP contribution in [0.25, 0.3) is 6.08 Å².